The van der Waals surface area contributed by atoms with Crippen LogP contribution >= 0.6 is 11.3 Å². The highest BCUT2D eigenvalue weighted by Gasteiger charge is 2.03. The lowest BCUT2D eigenvalue weighted by molar-refractivity contribution is 1.05. The molecule has 0 saturated heterocycles. The highest BCUT2D eigenvalue weighted by atomic mass is 32.1. The predicted octanol–water partition coefficient (Wildman–Crippen LogP) is 1.49. The number of rotatable bonds is 1. The van der Waals surface area contributed by atoms with Crippen LogP contribution in [0.1, 0.15) is 5.01 Å². The third-order valence-corrected chi connectivity index (χ3v) is 2.45. The molecule has 2 N–H and O–H groups in total. The standard InChI is InChI=1S/C8H8N4S/c1-5-11-12-8(13-5)6-2-3-7(9)10-4-6/h2-4H,1H3,(H2,9,10). The van der Waals surface area contributed by atoms with Gasteiger partial charge in [-0.3, -0.25) is 0 Å². The molecule has 2 aromatic heterocycles. The largest absolute Gasteiger partial charge is 0.384 e. The van der Waals surface area contributed by atoms with Gasteiger partial charge in [0.25, 0.3) is 0 Å². The van der Waals surface area contributed by atoms with Crippen molar-refractivity contribution in [2.75, 3.05) is 5.73 Å². The maximum Gasteiger partial charge on any atom is 0.149 e. The number of pyridine rings is 1. The van der Waals surface area contributed by atoms with E-state index in [1.165, 1.54) is 0 Å². The SMILES string of the molecule is Cc1nnc(-c2ccc(N)nc2)s1. The minimum absolute atomic E-state index is 0.519. The second-order valence-corrected chi connectivity index (χ2v) is 3.78. The molecule has 0 radical (unpaired) electrons. The second-order valence-electron chi connectivity index (χ2n) is 2.60. The summed E-state index contributed by atoms with van der Waals surface area (Å²) in [6.45, 7) is 1.92. The lowest BCUT2D eigenvalue weighted by Crippen LogP contribution is -1.88. The Balaban J connectivity index is 2.41. The highest BCUT2D eigenvalue weighted by Crippen LogP contribution is 2.22. The molecule has 2 aromatic rings. The first-order valence-corrected chi connectivity index (χ1v) is 4.59. The van der Waals surface area contributed by atoms with Gasteiger partial charge in [-0.15, -0.1) is 10.2 Å². The normalized spacial score (nSPS) is 10.2. The van der Waals surface area contributed by atoms with Crippen molar-refractivity contribution < 1.29 is 0 Å². The maximum atomic E-state index is 5.47. The van der Waals surface area contributed by atoms with Crippen molar-refractivity contribution in [2.24, 2.45) is 0 Å². The van der Waals surface area contributed by atoms with Crippen LogP contribution < -0.4 is 5.73 Å². The minimum Gasteiger partial charge on any atom is -0.384 e. The van der Waals surface area contributed by atoms with Crippen molar-refractivity contribution in [3.63, 3.8) is 0 Å². The van der Waals surface area contributed by atoms with E-state index >= 15 is 0 Å². The molecule has 66 valence electrons. The number of anilines is 1. The molecule has 0 fully saturated rings. The minimum atomic E-state index is 0.519. The van der Waals surface area contributed by atoms with Crippen LogP contribution in [0.3, 0.4) is 0 Å². The van der Waals surface area contributed by atoms with Crippen LogP contribution in [-0.4, -0.2) is 15.2 Å². The molecule has 2 rings (SSSR count). The van der Waals surface area contributed by atoms with Gasteiger partial charge >= 0.3 is 0 Å². The van der Waals surface area contributed by atoms with Gasteiger partial charge < -0.3 is 5.73 Å². The van der Waals surface area contributed by atoms with Crippen LogP contribution in [0, 0.1) is 6.92 Å². The van der Waals surface area contributed by atoms with Gasteiger partial charge in [0.1, 0.15) is 15.8 Å². The molecule has 0 aliphatic carbocycles. The fourth-order valence-electron chi connectivity index (χ4n) is 0.945. The van der Waals surface area contributed by atoms with Crippen LogP contribution in [0.25, 0.3) is 10.6 Å². The average molecular weight is 192 g/mol. The maximum absolute atomic E-state index is 5.47. The molecule has 0 aliphatic heterocycles. The topological polar surface area (TPSA) is 64.7 Å². The number of aryl methyl sites for hydroxylation is 1. The van der Waals surface area contributed by atoms with Crippen molar-refractivity contribution in [3.8, 4) is 10.6 Å². The number of hydrogen-bond acceptors (Lipinski definition) is 5. The van der Waals surface area contributed by atoms with Gasteiger partial charge in [-0.05, 0) is 19.1 Å². The summed E-state index contributed by atoms with van der Waals surface area (Å²) >= 11 is 1.54. The van der Waals surface area contributed by atoms with Crippen molar-refractivity contribution in [2.45, 2.75) is 6.92 Å². The van der Waals surface area contributed by atoms with Crippen molar-refractivity contribution in [1.82, 2.24) is 15.2 Å². The van der Waals surface area contributed by atoms with Crippen LogP contribution in [0.4, 0.5) is 5.82 Å². The number of nitrogens with two attached hydrogens (primary N) is 1. The molecule has 4 nitrogen and oxygen atoms in total. The Hall–Kier alpha value is -1.49. The zero-order valence-corrected chi connectivity index (χ0v) is 7.88. The summed E-state index contributed by atoms with van der Waals surface area (Å²) in [6, 6.07) is 3.65. The third kappa shape index (κ3) is 1.65. The molecular weight excluding hydrogens is 184 g/mol. The van der Waals surface area contributed by atoms with Crippen molar-refractivity contribution in [3.05, 3.63) is 23.3 Å². The van der Waals surface area contributed by atoms with E-state index in [9.17, 15) is 0 Å². The fourth-order valence-corrected chi connectivity index (χ4v) is 1.63. The van der Waals surface area contributed by atoms with Gasteiger partial charge in [0.05, 0.1) is 0 Å². The molecule has 0 atom stereocenters. The van der Waals surface area contributed by atoms with E-state index in [0.717, 1.165) is 15.6 Å². The molecular formula is C8H8N4S. The summed E-state index contributed by atoms with van der Waals surface area (Å²) in [6.07, 6.45) is 1.70. The monoisotopic (exact) mass is 192 g/mol. The Morgan fingerprint density at radius 1 is 1.31 bits per heavy atom. The molecule has 0 spiro atoms. The Morgan fingerprint density at radius 2 is 2.15 bits per heavy atom. The van der Waals surface area contributed by atoms with E-state index in [-0.39, 0.29) is 0 Å². The van der Waals surface area contributed by atoms with Gasteiger partial charge in [-0.2, -0.15) is 0 Å². The zero-order chi connectivity index (χ0) is 9.26. The van der Waals surface area contributed by atoms with Gasteiger partial charge in [-0.25, -0.2) is 4.98 Å². The van der Waals surface area contributed by atoms with E-state index in [0.29, 0.717) is 5.82 Å². The smallest absolute Gasteiger partial charge is 0.149 e. The molecule has 5 heteroatoms. The summed E-state index contributed by atoms with van der Waals surface area (Å²) in [5.41, 5.74) is 6.42. The highest BCUT2D eigenvalue weighted by molar-refractivity contribution is 7.14. The van der Waals surface area contributed by atoms with Gasteiger partial charge in [-0.1, -0.05) is 11.3 Å². The van der Waals surface area contributed by atoms with E-state index in [1.807, 2.05) is 13.0 Å². The first-order valence-electron chi connectivity index (χ1n) is 3.78. The molecule has 0 amide bonds. The summed E-state index contributed by atoms with van der Waals surface area (Å²) < 4.78 is 0. The van der Waals surface area contributed by atoms with E-state index in [4.69, 9.17) is 5.73 Å². The molecule has 0 aliphatic rings. The van der Waals surface area contributed by atoms with Crippen LogP contribution in [0.2, 0.25) is 0 Å². The van der Waals surface area contributed by atoms with E-state index in [1.54, 1.807) is 23.6 Å². The van der Waals surface area contributed by atoms with E-state index in [2.05, 4.69) is 15.2 Å². The van der Waals surface area contributed by atoms with Crippen LogP contribution in [0.15, 0.2) is 18.3 Å². The molecule has 2 heterocycles. The summed E-state index contributed by atoms with van der Waals surface area (Å²) in [7, 11) is 0. The second kappa shape index (κ2) is 3.10. The summed E-state index contributed by atoms with van der Waals surface area (Å²) in [5.74, 6) is 0.519. The molecule has 0 unspecified atom stereocenters. The van der Waals surface area contributed by atoms with Crippen molar-refractivity contribution >= 4 is 17.2 Å². The van der Waals surface area contributed by atoms with Crippen LogP contribution in [0.5, 0.6) is 0 Å². The zero-order valence-electron chi connectivity index (χ0n) is 7.06. The van der Waals surface area contributed by atoms with Gasteiger partial charge in [0.15, 0.2) is 0 Å². The first-order chi connectivity index (χ1) is 6.25. The molecule has 0 bridgehead atoms. The van der Waals surface area contributed by atoms with E-state index < -0.39 is 0 Å². The Labute approximate surface area is 79.5 Å². The molecule has 0 aromatic carbocycles. The number of hydrogen-bond donors (Lipinski definition) is 1. The van der Waals surface area contributed by atoms with Gasteiger partial charge in [0.2, 0.25) is 0 Å². The fraction of sp³-hybridized carbons (Fsp3) is 0.125. The summed E-state index contributed by atoms with van der Waals surface area (Å²) in [5, 5.41) is 9.76. The third-order valence-electron chi connectivity index (χ3n) is 1.56. The number of aromatic nitrogens is 3. The average Bonchev–Trinajstić information content (AvgIpc) is 2.53. The lowest BCUT2D eigenvalue weighted by Gasteiger charge is -1.94. The van der Waals surface area contributed by atoms with Gasteiger partial charge in [0, 0.05) is 11.8 Å². The molecule has 13 heavy (non-hydrogen) atoms. The Morgan fingerprint density at radius 3 is 2.69 bits per heavy atom. The first kappa shape index (κ1) is 8.12. The Bertz CT molecular complexity index is 406. The summed E-state index contributed by atoms with van der Waals surface area (Å²) in [4.78, 5) is 3.98. The van der Waals surface area contributed by atoms with Crippen LogP contribution in [-0.2, 0) is 0 Å². The number of nitrogens with zero attached hydrogens (tertiary/aromatic N) is 3. The predicted molar refractivity (Wildman–Crippen MR) is 52.3 cm³/mol. The Kier molecular flexibility index (Phi) is 1.94. The quantitative estimate of drug-likeness (QED) is 0.743. The lowest BCUT2D eigenvalue weighted by atomic mass is 10.3. The van der Waals surface area contributed by atoms with Crippen molar-refractivity contribution in [1.29, 1.82) is 0 Å². The molecule has 0 saturated carbocycles. The number of nitrogen functional groups attached to an aromatic ring is 1.